The molecule has 1 saturated heterocycles. The summed E-state index contributed by atoms with van der Waals surface area (Å²) in [4.78, 5) is 49.3. The first-order valence-electron chi connectivity index (χ1n) is 12.0. The van der Waals surface area contributed by atoms with Crippen LogP contribution in [0.3, 0.4) is 0 Å². The Bertz CT molecular complexity index is 1020. The number of carbonyl (C=O) groups is 4. The molecule has 0 aromatic rings. The number of allylic oxidation sites excluding steroid dienone is 6. The van der Waals surface area contributed by atoms with Crippen LogP contribution in [0.2, 0.25) is 0 Å². The molecule has 5 rings (SSSR count). The van der Waals surface area contributed by atoms with E-state index < -0.39 is 5.60 Å². The Kier molecular flexibility index (Phi) is 4.78. The fourth-order valence-corrected chi connectivity index (χ4v) is 7.75. The molecule has 5 heteroatoms. The first kappa shape index (κ1) is 21.5. The van der Waals surface area contributed by atoms with E-state index in [0.717, 1.165) is 37.7 Å². The summed E-state index contributed by atoms with van der Waals surface area (Å²) in [6, 6.07) is 0. The molecular formula is C27H32O5. The SMILES string of the molecule is CC(=O)/C=C/C(=O)[C@@H]1CC2=CC(=O)CCC2(C)C2=CCC3(C)[C@@H](CC[C@@]34CCC(=O)O4)C21. The molecule has 6 atom stereocenters. The van der Waals surface area contributed by atoms with Crippen LogP contribution in [0, 0.1) is 28.6 Å². The van der Waals surface area contributed by atoms with Crippen molar-refractivity contribution < 1.29 is 23.9 Å². The highest BCUT2D eigenvalue weighted by molar-refractivity contribution is 6.00. The van der Waals surface area contributed by atoms with Crippen LogP contribution in [0.25, 0.3) is 0 Å². The van der Waals surface area contributed by atoms with Gasteiger partial charge in [0.1, 0.15) is 5.60 Å². The van der Waals surface area contributed by atoms with Crippen LogP contribution >= 0.6 is 0 Å². The molecule has 0 aromatic carbocycles. The minimum atomic E-state index is -0.431. The van der Waals surface area contributed by atoms with Gasteiger partial charge in [-0.15, -0.1) is 0 Å². The quantitative estimate of drug-likeness (QED) is 0.371. The second-order valence-electron chi connectivity index (χ2n) is 11.0. The number of carbonyl (C=O) groups excluding carboxylic acids is 4. The van der Waals surface area contributed by atoms with Gasteiger partial charge in [-0.3, -0.25) is 19.2 Å². The van der Waals surface area contributed by atoms with Gasteiger partial charge in [-0.2, -0.15) is 0 Å². The van der Waals surface area contributed by atoms with E-state index in [0.29, 0.717) is 19.3 Å². The smallest absolute Gasteiger partial charge is 0.306 e. The second kappa shape index (κ2) is 7.10. The fourth-order valence-electron chi connectivity index (χ4n) is 7.75. The summed E-state index contributed by atoms with van der Waals surface area (Å²) in [7, 11) is 0. The molecule has 3 unspecified atom stereocenters. The molecule has 0 N–H and O–H groups in total. The Hall–Kier alpha value is -2.30. The van der Waals surface area contributed by atoms with Gasteiger partial charge in [0, 0.05) is 29.6 Å². The van der Waals surface area contributed by atoms with Crippen molar-refractivity contribution in [1.29, 1.82) is 0 Å². The lowest BCUT2D eigenvalue weighted by molar-refractivity contribution is -0.161. The third kappa shape index (κ3) is 2.89. The molecule has 4 aliphatic carbocycles. The van der Waals surface area contributed by atoms with Crippen LogP contribution in [0.4, 0.5) is 0 Å². The maximum atomic E-state index is 13.4. The highest BCUT2D eigenvalue weighted by Crippen LogP contribution is 2.69. The lowest BCUT2D eigenvalue weighted by Crippen LogP contribution is -2.53. The van der Waals surface area contributed by atoms with Crippen LogP contribution in [-0.2, 0) is 23.9 Å². The molecule has 3 fully saturated rings. The van der Waals surface area contributed by atoms with Gasteiger partial charge < -0.3 is 4.74 Å². The maximum absolute atomic E-state index is 13.4. The highest BCUT2D eigenvalue weighted by atomic mass is 16.6. The van der Waals surface area contributed by atoms with Crippen molar-refractivity contribution in [3.63, 3.8) is 0 Å². The van der Waals surface area contributed by atoms with E-state index in [-0.39, 0.29) is 51.9 Å². The topological polar surface area (TPSA) is 77.5 Å². The zero-order valence-electron chi connectivity index (χ0n) is 19.2. The molecule has 2 saturated carbocycles. The van der Waals surface area contributed by atoms with Gasteiger partial charge in [0.25, 0.3) is 0 Å². The predicted molar refractivity (Wildman–Crippen MR) is 118 cm³/mol. The van der Waals surface area contributed by atoms with Crippen molar-refractivity contribution in [2.45, 2.75) is 77.7 Å². The van der Waals surface area contributed by atoms with Gasteiger partial charge in [0.05, 0.1) is 0 Å². The van der Waals surface area contributed by atoms with Crippen molar-refractivity contribution in [2.75, 3.05) is 0 Å². The fraction of sp³-hybridized carbons (Fsp3) is 0.630. The molecular weight excluding hydrogens is 404 g/mol. The molecule has 5 nitrogen and oxygen atoms in total. The molecule has 0 aromatic heterocycles. The van der Waals surface area contributed by atoms with E-state index in [4.69, 9.17) is 4.74 Å². The minimum absolute atomic E-state index is 0.0364. The summed E-state index contributed by atoms with van der Waals surface area (Å²) in [5.74, 6) is -0.153. The zero-order chi connectivity index (χ0) is 22.9. The summed E-state index contributed by atoms with van der Waals surface area (Å²) in [6.07, 6.45) is 12.6. The second-order valence-corrected chi connectivity index (χ2v) is 11.0. The summed E-state index contributed by atoms with van der Waals surface area (Å²) < 4.78 is 6.01. The Balaban J connectivity index is 1.61. The number of ketones is 3. The van der Waals surface area contributed by atoms with E-state index in [1.165, 1.54) is 24.6 Å². The van der Waals surface area contributed by atoms with Crippen LogP contribution in [0.5, 0.6) is 0 Å². The Morgan fingerprint density at radius 1 is 1.09 bits per heavy atom. The molecule has 0 amide bonds. The van der Waals surface area contributed by atoms with Gasteiger partial charge in [-0.1, -0.05) is 31.1 Å². The predicted octanol–water partition coefficient (Wildman–Crippen LogP) is 4.45. The summed E-state index contributed by atoms with van der Waals surface area (Å²) >= 11 is 0. The van der Waals surface area contributed by atoms with Gasteiger partial charge in [0.15, 0.2) is 17.3 Å². The van der Waals surface area contributed by atoms with Crippen LogP contribution < -0.4 is 0 Å². The Morgan fingerprint density at radius 2 is 1.88 bits per heavy atom. The van der Waals surface area contributed by atoms with Gasteiger partial charge in [0.2, 0.25) is 0 Å². The zero-order valence-corrected chi connectivity index (χ0v) is 19.2. The molecule has 1 spiro atoms. The Labute approximate surface area is 189 Å². The molecule has 0 bridgehead atoms. The van der Waals surface area contributed by atoms with Gasteiger partial charge >= 0.3 is 5.97 Å². The van der Waals surface area contributed by atoms with Crippen molar-refractivity contribution in [3.8, 4) is 0 Å². The number of ether oxygens (including phenoxy) is 1. The van der Waals surface area contributed by atoms with E-state index in [2.05, 4.69) is 19.9 Å². The minimum Gasteiger partial charge on any atom is -0.458 e. The van der Waals surface area contributed by atoms with Crippen LogP contribution in [0.1, 0.15) is 72.1 Å². The maximum Gasteiger partial charge on any atom is 0.306 e. The van der Waals surface area contributed by atoms with Crippen LogP contribution in [0.15, 0.2) is 35.5 Å². The lowest BCUT2D eigenvalue weighted by atomic mass is 9.47. The van der Waals surface area contributed by atoms with E-state index in [1.54, 1.807) is 6.08 Å². The van der Waals surface area contributed by atoms with Crippen molar-refractivity contribution in [3.05, 3.63) is 35.5 Å². The van der Waals surface area contributed by atoms with E-state index in [1.807, 2.05) is 0 Å². The third-order valence-corrected chi connectivity index (χ3v) is 9.57. The number of hydrogen-bond acceptors (Lipinski definition) is 5. The summed E-state index contributed by atoms with van der Waals surface area (Å²) in [5, 5.41) is 0. The van der Waals surface area contributed by atoms with E-state index in [9.17, 15) is 19.2 Å². The summed E-state index contributed by atoms with van der Waals surface area (Å²) in [6.45, 7) is 5.93. The molecule has 5 aliphatic rings. The standard InChI is InChI=1S/C27H32O5/c1-16(28)4-5-22(30)19-15-17-14-18(29)6-10-25(17,2)20-7-11-26(3)21(24(19)20)8-12-27(26)13-9-23(31)32-27/h4-5,7,14,19,21,24H,6,8-13,15H2,1-3H3/b5-4+/t19-,21-,24?,25?,26?,27+/m0/s1. The largest absolute Gasteiger partial charge is 0.458 e. The number of rotatable bonds is 3. The average Bonchev–Trinajstić information content (AvgIpc) is 3.26. The summed E-state index contributed by atoms with van der Waals surface area (Å²) in [5.41, 5.74) is 1.54. The van der Waals surface area contributed by atoms with Gasteiger partial charge in [-0.05, 0) is 75.5 Å². The third-order valence-electron chi connectivity index (χ3n) is 9.57. The number of esters is 1. The van der Waals surface area contributed by atoms with Gasteiger partial charge in [-0.25, -0.2) is 0 Å². The monoisotopic (exact) mass is 436 g/mol. The highest BCUT2D eigenvalue weighted by Gasteiger charge is 2.67. The van der Waals surface area contributed by atoms with Crippen molar-refractivity contribution >= 4 is 23.3 Å². The molecule has 32 heavy (non-hydrogen) atoms. The molecule has 1 heterocycles. The van der Waals surface area contributed by atoms with E-state index >= 15 is 0 Å². The normalized spacial score (nSPS) is 42.8. The number of fused-ring (bicyclic) bond motifs is 6. The lowest BCUT2D eigenvalue weighted by Gasteiger charge is -2.56. The van der Waals surface area contributed by atoms with Crippen molar-refractivity contribution in [2.24, 2.45) is 28.6 Å². The molecule has 1 aliphatic heterocycles. The molecule has 170 valence electrons. The van der Waals surface area contributed by atoms with Crippen molar-refractivity contribution in [1.82, 2.24) is 0 Å². The first-order valence-corrected chi connectivity index (χ1v) is 12.0. The molecule has 0 radical (unpaired) electrons. The van der Waals surface area contributed by atoms with Crippen LogP contribution in [-0.4, -0.2) is 28.9 Å². The first-order chi connectivity index (χ1) is 15.1. The Morgan fingerprint density at radius 3 is 2.56 bits per heavy atom. The number of hydrogen-bond donors (Lipinski definition) is 0. The average molecular weight is 437 g/mol.